The van der Waals surface area contributed by atoms with Crippen LogP contribution in [0.4, 0.5) is 0 Å². The molecule has 0 radical (unpaired) electrons. The molecule has 0 bridgehead atoms. The van der Waals surface area contributed by atoms with E-state index in [0.29, 0.717) is 7.16 Å². The van der Waals surface area contributed by atoms with E-state index in [4.69, 9.17) is 0 Å². The first kappa shape index (κ1) is 15.2. The largest absolute Gasteiger partial charge is 0.290 e. The number of hydrogen-bond donors (Lipinski definition) is 0. The summed E-state index contributed by atoms with van der Waals surface area (Å²) in [7, 11) is 0. The molecular formula is C12H6I2O4. The number of rotatable bonds is 0. The fourth-order valence-corrected chi connectivity index (χ4v) is 1.94. The van der Waals surface area contributed by atoms with E-state index in [1.165, 1.54) is 36.5 Å². The second kappa shape index (κ2) is 6.88. The van der Waals surface area contributed by atoms with Crippen LogP contribution in [0.1, 0.15) is 0 Å². The van der Waals surface area contributed by atoms with Gasteiger partial charge in [0.2, 0.25) is 0 Å². The summed E-state index contributed by atoms with van der Waals surface area (Å²) in [6, 6.07) is 0. The van der Waals surface area contributed by atoms with E-state index >= 15 is 0 Å². The van der Waals surface area contributed by atoms with Crippen LogP contribution >= 0.6 is 45.2 Å². The molecule has 0 fully saturated rings. The molecule has 0 saturated heterocycles. The second-order valence-corrected chi connectivity index (χ2v) is 5.51. The third kappa shape index (κ3) is 4.77. The third-order valence-corrected chi connectivity index (χ3v) is 3.49. The summed E-state index contributed by atoms with van der Waals surface area (Å²) in [4.78, 5) is 42.2. The molecule has 2 aliphatic rings. The first-order chi connectivity index (χ1) is 8.40. The Morgan fingerprint density at radius 1 is 0.611 bits per heavy atom. The number of halogens is 2. The van der Waals surface area contributed by atoms with Crippen LogP contribution in [-0.4, -0.2) is 23.1 Å². The van der Waals surface area contributed by atoms with Crippen molar-refractivity contribution in [2.75, 3.05) is 0 Å². The summed E-state index contributed by atoms with van der Waals surface area (Å²) < 4.78 is 0.972. The maximum absolute atomic E-state index is 10.6. The minimum atomic E-state index is -0.112. The van der Waals surface area contributed by atoms with Crippen LogP contribution in [0, 0.1) is 0 Å². The molecule has 0 aromatic heterocycles. The fraction of sp³-hybridized carbons (Fsp3) is 0. The molecular weight excluding hydrogens is 462 g/mol. The Kier molecular flexibility index (Phi) is 5.79. The fourth-order valence-electron chi connectivity index (χ4n) is 0.963. The van der Waals surface area contributed by atoms with Gasteiger partial charge in [0.15, 0.2) is 23.1 Å². The van der Waals surface area contributed by atoms with Crippen LogP contribution in [0.3, 0.4) is 0 Å². The van der Waals surface area contributed by atoms with Crippen molar-refractivity contribution in [3.63, 3.8) is 0 Å². The van der Waals surface area contributed by atoms with E-state index in [-0.39, 0.29) is 23.1 Å². The van der Waals surface area contributed by atoms with Gasteiger partial charge in [-0.15, -0.1) is 0 Å². The second-order valence-electron chi connectivity index (χ2n) is 3.18. The molecule has 92 valence electrons. The highest BCUT2D eigenvalue weighted by atomic mass is 127. The Morgan fingerprint density at radius 2 is 0.944 bits per heavy atom. The van der Waals surface area contributed by atoms with Gasteiger partial charge >= 0.3 is 0 Å². The van der Waals surface area contributed by atoms with Gasteiger partial charge in [-0.25, -0.2) is 0 Å². The lowest BCUT2D eigenvalue weighted by Gasteiger charge is -1.95. The van der Waals surface area contributed by atoms with Crippen LogP contribution < -0.4 is 0 Å². The Morgan fingerprint density at radius 3 is 1.17 bits per heavy atom. The number of ketones is 4. The lowest BCUT2D eigenvalue weighted by Crippen LogP contribution is -2.01. The third-order valence-electron chi connectivity index (χ3n) is 1.81. The van der Waals surface area contributed by atoms with Crippen molar-refractivity contribution in [1.29, 1.82) is 0 Å². The van der Waals surface area contributed by atoms with Crippen molar-refractivity contribution in [3.8, 4) is 0 Å². The molecule has 0 amide bonds. The predicted molar refractivity (Wildman–Crippen MR) is 82.5 cm³/mol. The number of carbonyl (C=O) groups is 4. The summed E-state index contributed by atoms with van der Waals surface area (Å²) in [5.41, 5.74) is 0. The van der Waals surface area contributed by atoms with Crippen molar-refractivity contribution >= 4 is 68.3 Å². The number of allylic oxidation sites excluding steroid dienone is 8. The molecule has 2 aliphatic carbocycles. The molecule has 18 heavy (non-hydrogen) atoms. The zero-order valence-corrected chi connectivity index (χ0v) is 13.2. The lowest BCUT2D eigenvalue weighted by atomic mass is 10.2. The van der Waals surface area contributed by atoms with Gasteiger partial charge in [-0.1, -0.05) is 0 Å². The van der Waals surface area contributed by atoms with Crippen molar-refractivity contribution in [2.45, 2.75) is 0 Å². The van der Waals surface area contributed by atoms with E-state index in [0.717, 1.165) is 0 Å². The minimum Gasteiger partial charge on any atom is -0.290 e. The summed E-state index contributed by atoms with van der Waals surface area (Å²) in [6.07, 6.45) is 7.75. The molecule has 0 aliphatic heterocycles. The summed E-state index contributed by atoms with van der Waals surface area (Å²) >= 11 is 3.67. The van der Waals surface area contributed by atoms with Gasteiger partial charge in [-0.3, -0.25) is 19.2 Å². The van der Waals surface area contributed by atoms with Crippen LogP contribution in [0.5, 0.6) is 0 Å². The van der Waals surface area contributed by atoms with E-state index in [1.54, 1.807) is 0 Å². The van der Waals surface area contributed by atoms with E-state index in [2.05, 4.69) is 0 Å². The van der Waals surface area contributed by atoms with Crippen molar-refractivity contribution in [3.05, 3.63) is 43.6 Å². The van der Waals surface area contributed by atoms with Gasteiger partial charge in [-0.2, -0.15) is 0 Å². The van der Waals surface area contributed by atoms with Gasteiger partial charge in [0.25, 0.3) is 0 Å². The molecule has 6 heteroatoms. The summed E-state index contributed by atoms with van der Waals surface area (Å²) in [5.74, 6) is -0.400. The van der Waals surface area contributed by atoms with Gasteiger partial charge in [0.1, 0.15) is 0 Å². The average molecular weight is 468 g/mol. The highest BCUT2D eigenvalue weighted by Gasteiger charge is 2.09. The molecule has 0 unspecified atom stereocenters. The minimum absolute atomic E-state index is 0.0878. The predicted octanol–water partition coefficient (Wildman–Crippen LogP) is 2.03. The maximum atomic E-state index is 10.6. The van der Waals surface area contributed by atoms with Crippen molar-refractivity contribution in [2.24, 2.45) is 0 Å². The van der Waals surface area contributed by atoms with Gasteiger partial charge in [-0.05, 0) is 69.5 Å². The normalized spacial score (nSPS) is 18.1. The molecule has 0 atom stereocenters. The first-order valence-corrected chi connectivity index (χ1v) is 6.83. The van der Waals surface area contributed by atoms with E-state index < -0.39 is 0 Å². The Balaban J connectivity index is 0.000000180. The van der Waals surface area contributed by atoms with Crippen LogP contribution in [0.15, 0.2) is 43.6 Å². The van der Waals surface area contributed by atoms with Gasteiger partial charge < -0.3 is 0 Å². The molecule has 0 N–H and O–H groups in total. The number of carbonyl (C=O) groups excluding carboxylic acids is 4. The van der Waals surface area contributed by atoms with E-state index in [1.807, 2.05) is 45.2 Å². The van der Waals surface area contributed by atoms with Gasteiger partial charge in [0.05, 0.1) is 7.16 Å². The lowest BCUT2D eigenvalue weighted by molar-refractivity contribution is -0.114. The van der Waals surface area contributed by atoms with Crippen LogP contribution in [0.25, 0.3) is 0 Å². The topological polar surface area (TPSA) is 68.3 Å². The molecule has 0 aromatic rings. The smallest absolute Gasteiger partial charge is 0.192 e. The monoisotopic (exact) mass is 468 g/mol. The van der Waals surface area contributed by atoms with Crippen LogP contribution in [0.2, 0.25) is 0 Å². The van der Waals surface area contributed by atoms with Crippen molar-refractivity contribution < 1.29 is 19.2 Å². The molecule has 2 rings (SSSR count). The van der Waals surface area contributed by atoms with Gasteiger partial charge in [0, 0.05) is 12.2 Å². The summed E-state index contributed by atoms with van der Waals surface area (Å²) in [5, 5.41) is 0. The SMILES string of the molecule is O=C1C=CC(=O)C(I)=C1.O=C1C=CC(=O)C(I)=C1. The average Bonchev–Trinajstić information content (AvgIpc) is 2.30. The highest BCUT2D eigenvalue weighted by molar-refractivity contribution is 14.1. The number of hydrogen-bond acceptors (Lipinski definition) is 4. The standard InChI is InChI=1S/2C6H3IO2/c2*7-5-3-4(8)1-2-6(5)9/h2*1-3H. The Hall–Kier alpha value is -0.900. The van der Waals surface area contributed by atoms with Crippen LogP contribution in [-0.2, 0) is 19.2 Å². The zero-order valence-electron chi connectivity index (χ0n) is 8.85. The Bertz CT molecular complexity index is 500. The molecule has 0 aromatic carbocycles. The maximum Gasteiger partial charge on any atom is 0.192 e. The first-order valence-electron chi connectivity index (χ1n) is 4.67. The zero-order chi connectivity index (χ0) is 13.7. The molecule has 0 spiro atoms. The summed E-state index contributed by atoms with van der Waals surface area (Å²) in [6.45, 7) is 0. The van der Waals surface area contributed by atoms with Crippen molar-refractivity contribution in [1.82, 2.24) is 0 Å². The highest BCUT2D eigenvalue weighted by Crippen LogP contribution is 2.12. The molecule has 0 saturated carbocycles. The molecule has 4 nitrogen and oxygen atoms in total. The Labute approximate surface area is 130 Å². The molecule has 0 heterocycles. The van der Waals surface area contributed by atoms with E-state index in [9.17, 15) is 19.2 Å². The quantitative estimate of drug-likeness (QED) is 0.404.